The van der Waals surface area contributed by atoms with Crippen LogP contribution in [0.1, 0.15) is 23.6 Å². The summed E-state index contributed by atoms with van der Waals surface area (Å²) in [5, 5.41) is 13.2. The third-order valence-electron chi connectivity index (χ3n) is 6.69. The van der Waals surface area contributed by atoms with Crippen LogP contribution >= 0.6 is 31.9 Å². The summed E-state index contributed by atoms with van der Waals surface area (Å²) in [6.45, 7) is 2.52. The molecule has 0 saturated carbocycles. The molecule has 0 unspecified atom stereocenters. The minimum absolute atomic E-state index is 0.0301. The normalized spacial score (nSPS) is 13.8. The first-order chi connectivity index (χ1) is 22.1. The molecule has 1 aliphatic rings. The zero-order chi connectivity index (χ0) is 32.8. The van der Waals surface area contributed by atoms with Crippen LogP contribution in [0.4, 0.5) is 16.2 Å². The molecule has 234 valence electrons. The quantitative estimate of drug-likeness (QED) is 0.0728. The summed E-state index contributed by atoms with van der Waals surface area (Å²) < 4.78 is 19.0. The Hall–Kier alpha value is -5.01. The van der Waals surface area contributed by atoms with Gasteiger partial charge in [-0.05, 0) is 106 Å². The van der Waals surface area contributed by atoms with Crippen LogP contribution in [-0.4, -0.2) is 29.4 Å². The molecule has 1 aliphatic heterocycles. The molecule has 1 fully saturated rings. The molecular formula is C33H25Br2N3O8. The van der Waals surface area contributed by atoms with Gasteiger partial charge in [-0.1, -0.05) is 28.1 Å². The van der Waals surface area contributed by atoms with E-state index in [0.717, 1.165) is 14.9 Å². The van der Waals surface area contributed by atoms with Crippen LogP contribution in [0.3, 0.4) is 0 Å². The lowest BCUT2D eigenvalue weighted by Gasteiger charge is -2.26. The molecule has 4 amide bonds. The molecule has 4 aromatic carbocycles. The fraction of sp³-hybridized carbons (Fsp3) is 0.121. The molecule has 4 aromatic rings. The Morgan fingerprint density at radius 2 is 1.48 bits per heavy atom. The Morgan fingerprint density at radius 1 is 0.848 bits per heavy atom. The van der Waals surface area contributed by atoms with E-state index < -0.39 is 22.8 Å². The van der Waals surface area contributed by atoms with Crippen LogP contribution in [0.2, 0.25) is 0 Å². The largest absolute Gasteiger partial charge is 0.490 e. The van der Waals surface area contributed by atoms with Gasteiger partial charge < -0.3 is 14.2 Å². The predicted octanol–water partition coefficient (Wildman–Crippen LogP) is 7.34. The zero-order valence-electron chi connectivity index (χ0n) is 24.2. The summed E-state index contributed by atoms with van der Waals surface area (Å²) in [7, 11) is 0. The summed E-state index contributed by atoms with van der Waals surface area (Å²) >= 11 is 6.87. The van der Waals surface area contributed by atoms with Crippen LogP contribution < -0.4 is 24.4 Å². The van der Waals surface area contributed by atoms with E-state index in [1.807, 2.05) is 24.3 Å². The van der Waals surface area contributed by atoms with Crippen molar-refractivity contribution in [1.29, 1.82) is 0 Å². The van der Waals surface area contributed by atoms with Crippen molar-refractivity contribution in [2.45, 2.75) is 20.1 Å². The molecule has 0 bridgehead atoms. The molecule has 11 nitrogen and oxygen atoms in total. The number of hydrogen-bond acceptors (Lipinski definition) is 8. The summed E-state index contributed by atoms with van der Waals surface area (Å²) in [6.07, 6.45) is 1.36. The summed E-state index contributed by atoms with van der Waals surface area (Å²) in [5.41, 5.74) is 2.06. The van der Waals surface area contributed by atoms with Gasteiger partial charge in [0.05, 0.1) is 21.7 Å². The van der Waals surface area contributed by atoms with Gasteiger partial charge in [0.25, 0.3) is 17.5 Å². The number of non-ortho nitro benzene ring substituents is 1. The number of rotatable bonds is 11. The van der Waals surface area contributed by atoms with Crippen molar-refractivity contribution in [2.75, 3.05) is 11.5 Å². The number of anilines is 1. The van der Waals surface area contributed by atoms with Crippen molar-refractivity contribution in [3.05, 3.63) is 126 Å². The number of hydrogen-bond donors (Lipinski definition) is 1. The molecule has 13 heteroatoms. The van der Waals surface area contributed by atoms with Crippen molar-refractivity contribution in [3.8, 4) is 17.2 Å². The number of nitrogens with one attached hydrogen (secondary N) is 1. The van der Waals surface area contributed by atoms with Gasteiger partial charge in [0.2, 0.25) is 0 Å². The van der Waals surface area contributed by atoms with E-state index in [1.54, 1.807) is 55.5 Å². The van der Waals surface area contributed by atoms with E-state index in [1.165, 1.54) is 18.2 Å². The Bertz CT molecular complexity index is 1830. The van der Waals surface area contributed by atoms with Gasteiger partial charge in [-0.2, -0.15) is 0 Å². The number of carbonyl (C=O) groups excluding carboxylic acids is 3. The van der Waals surface area contributed by atoms with Gasteiger partial charge in [0.1, 0.15) is 24.5 Å². The van der Waals surface area contributed by atoms with Crippen molar-refractivity contribution >= 4 is 67.2 Å². The van der Waals surface area contributed by atoms with Crippen LogP contribution in [0.25, 0.3) is 6.08 Å². The Kier molecular flexibility index (Phi) is 10.1. The number of nitrogens with zero attached hydrogens (tertiary/aromatic N) is 2. The number of ether oxygens (including phenoxy) is 3. The van der Waals surface area contributed by atoms with Gasteiger partial charge >= 0.3 is 6.03 Å². The van der Waals surface area contributed by atoms with Crippen molar-refractivity contribution in [2.24, 2.45) is 0 Å². The first-order valence-corrected chi connectivity index (χ1v) is 15.4. The molecule has 46 heavy (non-hydrogen) atoms. The number of nitro groups is 1. The second kappa shape index (κ2) is 14.4. The van der Waals surface area contributed by atoms with Crippen LogP contribution in [0, 0.1) is 10.1 Å². The van der Waals surface area contributed by atoms with E-state index in [4.69, 9.17) is 14.2 Å². The molecule has 0 aromatic heterocycles. The van der Waals surface area contributed by atoms with Crippen molar-refractivity contribution in [1.82, 2.24) is 5.32 Å². The number of imide groups is 2. The minimum Gasteiger partial charge on any atom is -0.490 e. The van der Waals surface area contributed by atoms with Gasteiger partial charge in [-0.3, -0.25) is 25.0 Å². The first kappa shape index (κ1) is 32.4. The van der Waals surface area contributed by atoms with E-state index in [2.05, 4.69) is 37.2 Å². The predicted molar refractivity (Wildman–Crippen MR) is 177 cm³/mol. The average molecular weight is 751 g/mol. The lowest BCUT2D eigenvalue weighted by atomic mass is 10.1. The third-order valence-corrected chi connectivity index (χ3v) is 7.81. The highest BCUT2D eigenvalue weighted by molar-refractivity contribution is 9.10. The number of urea groups is 1. The Labute approximate surface area is 280 Å². The van der Waals surface area contributed by atoms with Gasteiger partial charge in [-0.25, -0.2) is 9.69 Å². The topological polar surface area (TPSA) is 137 Å². The number of halogens is 2. The van der Waals surface area contributed by atoms with Gasteiger partial charge in [-0.15, -0.1) is 0 Å². The fourth-order valence-electron chi connectivity index (χ4n) is 4.44. The summed E-state index contributed by atoms with van der Waals surface area (Å²) in [4.78, 5) is 50.4. The summed E-state index contributed by atoms with van der Waals surface area (Å²) in [6, 6.07) is 22.4. The van der Waals surface area contributed by atoms with Crippen molar-refractivity contribution < 1.29 is 33.5 Å². The maximum atomic E-state index is 13.5. The maximum absolute atomic E-state index is 13.5. The zero-order valence-corrected chi connectivity index (χ0v) is 27.4. The Balaban J connectivity index is 1.34. The van der Waals surface area contributed by atoms with Crippen LogP contribution in [0.5, 0.6) is 17.2 Å². The molecule has 1 N–H and O–H groups in total. The van der Waals surface area contributed by atoms with E-state index >= 15 is 0 Å². The lowest BCUT2D eigenvalue weighted by Crippen LogP contribution is -2.54. The highest BCUT2D eigenvalue weighted by Gasteiger charge is 2.37. The smallest absolute Gasteiger partial charge is 0.335 e. The molecule has 1 heterocycles. The second-order valence-electron chi connectivity index (χ2n) is 9.84. The number of benzene rings is 4. The Morgan fingerprint density at radius 3 is 2.11 bits per heavy atom. The number of amides is 4. The molecule has 5 rings (SSSR count). The van der Waals surface area contributed by atoms with Crippen molar-refractivity contribution in [3.63, 3.8) is 0 Å². The fourth-order valence-corrected chi connectivity index (χ4v) is 5.28. The molecule has 1 saturated heterocycles. The second-order valence-corrected chi connectivity index (χ2v) is 11.6. The number of carbonyl (C=O) groups is 3. The highest BCUT2D eigenvalue weighted by atomic mass is 79.9. The molecular weight excluding hydrogens is 726 g/mol. The molecule has 0 aliphatic carbocycles. The van der Waals surface area contributed by atoms with Gasteiger partial charge in [0.15, 0.2) is 11.5 Å². The number of barbiturate groups is 1. The SMILES string of the molecule is CCOc1cc(/C=C2\C(=O)NC(=O)N(c3ccc(OCc4ccc(Br)cc4)cc3)C2=O)cc(Br)c1OCc1ccc([N+](=O)[O-])cc1. The maximum Gasteiger partial charge on any atom is 0.335 e. The molecule has 0 spiro atoms. The standard InChI is InChI=1S/C33H25Br2N3O8/c1-2-44-29-17-22(16-28(35)30(29)46-19-21-5-9-25(10-6-21)38(42)43)15-27-31(39)36-33(41)37(32(27)40)24-11-13-26(14-12-24)45-18-20-3-7-23(34)8-4-20/h3-17H,2,18-19H2,1H3,(H,36,39,41)/b27-15+. The van der Waals surface area contributed by atoms with E-state index in [-0.39, 0.29) is 23.6 Å². The minimum atomic E-state index is -0.873. The monoisotopic (exact) mass is 749 g/mol. The molecule has 0 atom stereocenters. The van der Waals surface area contributed by atoms with Crippen LogP contribution in [-0.2, 0) is 22.8 Å². The summed E-state index contributed by atoms with van der Waals surface area (Å²) in [5.74, 6) is -0.410. The average Bonchev–Trinajstić information content (AvgIpc) is 3.03. The highest BCUT2D eigenvalue weighted by Crippen LogP contribution is 2.38. The van der Waals surface area contributed by atoms with E-state index in [0.29, 0.717) is 46.1 Å². The third kappa shape index (κ3) is 7.61. The van der Waals surface area contributed by atoms with Crippen LogP contribution in [0.15, 0.2) is 99.4 Å². The van der Waals surface area contributed by atoms with E-state index in [9.17, 15) is 24.5 Å². The lowest BCUT2D eigenvalue weighted by molar-refractivity contribution is -0.384. The van der Waals surface area contributed by atoms with Gasteiger partial charge in [0, 0.05) is 16.6 Å². The molecule has 0 radical (unpaired) electrons. The first-order valence-electron chi connectivity index (χ1n) is 13.8. The number of nitro benzene ring substituents is 1.